The fourth-order valence-electron chi connectivity index (χ4n) is 0.393. The predicted molar refractivity (Wildman–Crippen MR) is 45.5 cm³/mol. The van der Waals surface area contributed by atoms with Gasteiger partial charge in [0.2, 0.25) is 0 Å². The molecule has 0 aliphatic carbocycles. The zero-order valence-electron chi connectivity index (χ0n) is 5.62. The van der Waals surface area contributed by atoms with Crippen molar-refractivity contribution in [1.29, 1.82) is 0 Å². The Balaban J connectivity index is 3.43. The molecule has 0 spiro atoms. The zero-order chi connectivity index (χ0) is 7.11. The Morgan fingerprint density at radius 3 is 2.67 bits per heavy atom. The average Bonchev–Trinajstić information content (AvgIpc) is 1.89. The Morgan fingerprint density at radius 1 is 1.56 bits per heavy atom. The molecule has 1 atom stereocenters. The van der Waals surface area contributed by atoms with Gasteiger partial charge in [-0.1, -0.05) is 19.1 Å². The summed E-state index contributed by atoms with van der Waals surface area (Å²) in [5.74, 6) is 0. The first-order valence-electron chi connectivity index (χ1n) is 3.04. The van der Waals surface area contributed by atoms with Gasteiger partial charge in [0.25, 0.3) is 0 Å². The van der Waals surface area contributed by atoms with Crippen LogP contribution in [-0.2, 0) is 0 Å². The van der Waals surface area contributed by atoms with Gasteiger partial charge in [0.1, 0.15) is 0 Å². The van der Waals surface area contributed by atoms with E-state index in [0.29, 0.717) is 5.25 Å². The summed E-state index contributed by atoms with van der Waals surface area (Å²) in [4.78, 5) is 0. The molecule has 0 aromatic carbocycles. The maximum absolute atomic E-state index is 5.10. The van der Waals surface area contributed by atoms with E-state index in [4.69, 9.17) is 5.73 Å². The maximum Gasteiger partial charge on any atom is 0.0197 e. The summed E-state index contributed by atoms with van der Waals surface area (Å²) >= 11 is 4.24. The topological polar surface area (TPSA) is 26.0 Å². The fourth-order valence-corrected chi connectivity index (χ4v) is 0.492. The van der Waals surface area contributed by atoms with Crippen LogP contribution in [0.25, 0.3) is 0 Å². The minimum Gasteiger partial charge on any atom is -0.405 e. The molecule has 2 N–H and O–H groups in total. The Hall–Kier alpha value is -0.370. The minimum absolute atomic E-state index is 0.362. The summed E-state index contributed by atoms with van der Waals surface area (Å²) in [7, 11) is 0. The lowest BCUT2D eigenvalue weighted by Crippen LogP contribution is -1.87. The number of thiol groups is 1. The molecule has 0 saturated heterocycles. The van der Waals surface area contributed by atoms with Gasteiger partial charge in [-0.2, -0.15) is 12.6 Å². The van der Waals surface area contributed by atoms with E-state index in [1.54, 1.807) is 6.08 Å². The van der Waals surface area contributed by atoms with Crippen LogP contribution >= 0.6 is 12.6 Å². The van der Waals surface area contributed by atoms with E-state index in [9.17, 15) is 0 Å². The van der Waals surface area contributed by atoms with E-state index < -0.39 is 0 Å². The summed E-state index contributed by atoms with van der Waals surface area (Å²) in [5, 5.41) is 0.362. The minimum atomic E-state index is 0.362. The highest BCUT2D eigenvalue weighted by Gasteiger charge is 1.87. The molecular formula is C7H13NS. The molecule has 2 heteroatoms. The molecule has 0 fully saturated rings. The molecule has 1 unspecified atom stereocenters. The van der Waals surface area contributed by atoms with E-state index in [0.717, 1.165) is 6.42 Å². The van der Waals surface area contributed by atoms with Crippen molar-refractivity contribution in [1.82, 2.24) is 0 Å². The second kappa shape index (κ2) is 5.76. The van der Waals surface area contributed by atoms with Crippen molar-refractivity contribution in [2.45, 2.75) is 18.6 Å². The van der Waals surface area contributed by atoms with E-state index in [2.05, 4.69) is 19.6 Å². The number of rotatable bonds is 3. The quantitative estimate of drug-likeness (QED) is 0.456. The largest absolute Gasteiger partial charge is 0.405 e. The molecule has 52 valence electrons. The highest BCUT2D eigenvalue weighted by molar-refractivity contribution is 7.81. The first-order chi connectivity index (χ1) is 4.31. The molecular weight excluding hydrogens is 130 g/mol. The van der Waals surface area contributed by atoms with Gasteiger partial charge in [-0.25, -0.2) is 0 Å². The Kier molecular flexibility index (Phi) is 5.52. The van der Waals surface area contributed by atoms with Gasteiger partial charge >= 0.3 is 0 Å². The van der Waals surface area contributed by atoms with Gasteiger partial charge in [-0.3, -0.25) is 0 Å². The fraction of sp³-hybridized carbons (Fsp3) is 0.429. The lowest BCUT2D eigenvalue weighted by Gasteiger charge is -1.95. The van der Waals surface area contributed by atoms with Crippen LogP contribution in [0, 0.1) is 0 Å². The van der Waals surface area contributed by atoms with E-state index in [-0.39, 0.29) is 0 Å². The van der Waals surface area contributed by atoms with Crippen molar-refractivity contribution in [3.05, 3.63) is 24.4 Å². The summed E-state index contributed by atoms with van der Waals surface area (Å²) in [6, 6.07) is 0. The molecule has 0 amide bonds. The molecule has 0 aromatic heterocycles. The number of nitrogens with two attached hydrogens (primary N) is 1. The number of allylic oxidation sites excluding steroid dienone is 2. The van der Waals surface area contributed by atoms with Crippen LogP contribution in [0.2, 0.25) is 0 Å². The average molecular weight is 143 g/mol. The Labute approximate surface area is 62.0 Å². The molecule has 0 aliphatic rings. The van der Waals surface area contributed by atoms with Crippen LogP contribution in [0.1, 0.15) is 13.3 Å². The van der Waals surface area contributed by atoms with Crippen molar-refractivity contribution in [3.8, 4) is 0 Å². The van der Waals surface area contributed by atoms with Gasteiger partial charge in [-0.05, 0) is 18.7 Å². The van der Waals surface area contributed by atoms with Crippen molar-refractivity contribution in [2.75, 3.05) is 0 Å². The molecule has 0 aliphatic heterocycles. The lowest BCUT2D eigenvalue weighted by atomic mass is 10.3. The van der Waals surface area contributed by atoms with Gasteiger partial charge in [0.15, 0.2) is 0 Å². The van der Waals surface area contributed by atoms with Crippen LogP contribution in [0.3, 0.4) is 0 Å². The molecule has 0 radical (unpaired) electrons. The van der Waals surface area contributed by atoms with E-state index >= 15 is 0 Å². The summed E-state index contributed by atoms with van der Waals surface area (Å²) in [5.41, 5.74) is 5.10. The molecule has 0 rings (SSSR count). The maximum atomic E-state index is 5.10. The molecule has 0 bridgehead atoms. The summed E-state index contributed by atoms with van der Waals surface area (Å²) in [6.07, 6.45) is 8.26. The third kappa shape index (κ3) is 5.50. The number of hydrogen-bond acceptors (Lipinski definition) is 2. The molecule has 9 heavy (non-hydrogen) atoms. The monoisotopic (exact) mass is 143 g/mol. The smallest absolute Gasteiger partial charge is 0.0197 e. The van der Waals surface area contributed by atoms with Crippen LogP contribution in [0.5, 0.6) is 0 Å². The van der Waals surface area contributed by atoms with Gasteiger partial charge in [-0.15, -0.1) is 0 Å². The van der Waals surface area contributed by atoms with Crippen molar-refractivity contribution in [3.63, 3.8) is 0 Å². The third-order valence-electron chi connectivity index (χ3n) is 0.974. The number of hydrogen-bond donors (Lipinski definition) is 2. The van der Waals surface area contributed by atoms with Gasteiger partial charge < -0.3 is 5.73 Å². The summed E-state index contributed by atoms with van der Waals surface area (Å²) in [6.45, 7) is 2.09. The Morgan fingerprint density at radius 2 is 2.22 bits per heavy atom. The standard InChI is InChI=1S/C7H13NS/c1-2-7(9)5-3-4-6-8/h3-7,9H,2,8H2,1H3/b5-3-,6-4-. The summed E-state index contributed by atoms with van der Waals surface area (Å²) < 4.78 is 0. The first-order valence-corrected chi connectivity index (χ1v) is 3.56. The van der Waals surface area contributed by atoms with E-state index in [1.165, 1.54) is 6.20 Å². The second-order valence-corrected chi connectivity index (χ2v) is 2.41. The third-order valence-corrected chi connectivity index (χ3v) is 1.51. The molecule has 0 aromatic rings. The van der Waals surface area contributed by atoms with Gasteiger partial charge in [0, 0.05) is 5.25 Å². The second-order valence-electron chi connectivity index (χ2n) is 1.75. The van der Waals surface area contributed by atoms with E-state index in [1.807, 2.05) is 12.2 Å². The van der Waals surface area contributed by atoms with Crippen LogP contribution in [0.4, 0.5) is 0 Å². The molecule has 0 saturated carbocycles. The highest BCUT2D eigenvalue weighted by Crippen LogP contribution is 2.00. The predicted octanol–water partition coefficient (Wildman–Crippen LogP) is 1.72. The Bertz CT molecular complexity index is 107. The molecule has 1 nitrogen and oxygen atoms in total. The first kappa shape index (κ1) is 8.63. The zero-order valence-corrected chi connectivity index (χ0v) is 6.51. The van der Waals surface area contributed by atoms with Gasteiger partial charge in [0.05, 0.1) is 0 Å². The van der Waals surface area contributed by atoms with Crippen LogP contribution < -0.4 is 5.73 Å². The molecule has 0 heterocycles. The highest BCUT2D eigenvalue weighted by atomic mass is 32.1. The lowest BCUT2D eigenvalue weighted by molar-refractivity contribution is 0.984. The van der Waals surface area contributed by atoms with Crippen molar-refractivity contribution >= 4 is 12.6 Å². The SMILES string of the molecule is CCC(S)/C=C\C=C/N. The van der Waals surface area contributed by atoms with Crippen LogP contribution in [-0.4, -0.2) is 5.25 Å². The van der Waals surface area contributed by atoms with Crippen molar-refractivity contribution in [2.24, 2.45) is 5.73 Å². The van der Waals surface area contributed by atoms with Crippen molar-refractivity contribution < 1.29 is 0 Å². The van der Waals surface area contributed by atoms with Crippen LogP contribution in [0.15, 0.2) is 24.4 Å². The normalized spacial score (nSPS) is 15.3.